The number of nitrogens with one attached hydrogen (secondary N) is 1. The van der Waals surface area contributed by atoms with Crippen molar-refractivity contribution in [1.29, 1.82) is 0 Å². The van der Waals surface area contributed by atoms with Gasteiger partial charge < -0.3 is 16.3 Å². The van der Waals surface area contributed by atoms with E-state index in [9.17, 15) is 8.42 Å². The van der Waals surface area contributed by atoms with Crippen molar-refractivity contribution in [3.63, 3.8) is 0 Å². The van der Waals surface area contributed by atoms with Crippen molar-refractivity contribution in [3.05, 3.63) is 36.7 Å². The molecule has 0 amide bonds. The van der Waals surface area contributed by atoms with Crippen molar-refractivity contribution < 1.29 is 19.4 Å². The Bertz CT molecular complexity index is 714. The molecule has 23 heavy (non-hydrogen) atoms. The summed E-state index contributed by atoms with van der Waals surface area (Å²) in [4.78, 5) is 4.42. The standard InChI is InChI=1S/C14H17N3O2S.ClH.2H2O/c18-20(19,17-9-2-6-15-8-10-17)14-4-1-3-12-11-16-7-5-13(12)14;;;/h1,3-5,7,11,15H,2,6,8-10H2;1H;2*1H2. The maximum absolute atomic E-state index is 12.8. The molecule has 0 aliphatic carbocycles. The van der Waals surface area contributed by atoms with Gasteiger partial charge in [0.1, 0.15) is 0 Å². The first kappa shape index (κ1) is 21.7. The fourth-order valence-electron chi connectivity index (χ4n) is 2.52. The van der Waals surface area contributed by atoms with E-state index in [2.05, 4.69) is 10.3 Å². The van der Waals surface area contributed by atoms with Crippen molar-refractivity contribution in [2.75, 3.05) is 26.2 Å². The van der Waals surface area contributed by atoms with Gasteiger partial charge in [0.2, 0.25) is 10.0 Å². The average Bonchev–Trinajstić information content (AvgIpc) is 2.76. The molecule has 9 heteroatoms. The van der Waals surface area contributed by atoms with Crippen LogP contribution >= 0.6 is 12.4 Å². The van der Waals surface area contributed by atoms with Gasteiger partial charge in [-0.25, -0.2) is 8.42 Å². The third-order valence-electron chi connectivity index (χ3n) is 3.56. The monoisotopic (exact) mass is 363 g/mol. The van der Waals surface area contributed by atoms with Crippen LogP contribution in [0.5, 0.6) is 0 Å². The lowest BCUT2D eigenvalue weighted by Gasteiger charge is -2.20. The topological polar surface area (TPSA) is 125 Å². The summed E-state index contributed by atoms with van der Waals surface area (Å²) in [6.45, 7) is 2.65. The number of sulfonamides is 1. The van der Waals surface area contributed by atoms with Crippen LogP contribution in [0.4, 0.5) is 0 Å². The van der Waals surface area contributed by atoms with E-state index in [-0.39, 0.29) is 23.4 Å². The fraction of sp³-hybridized carbons (Fsp3) is 0.357. The number of hydrogen-bond acceptors (Lipinski definition) is 4. The molecule has 2 aromatic rings. The molecular formula is C14H22ClN3O4S. The van der Waals surface area contributed by atoms with E-state index in [0.29, 0.717) is 24.5 Å². The number of benzene rings is 1. The summed E-state index contributed by atoms with van der Waals surface area (Å²) >= 11 is 0. The van der Waals surface area contributed by atoms with Crippen molar-refractivity contribution in [2.24, 2.45) is 0 Å². The van der Waals surface area contributed by atoms with Gasteiger partial charge in [-0.3, -0.25) is 4.98 Å². The number of pyridine rings is 1. The molecule has 2 heterocycles. The van der Waals surface area contributed by atoms with Crippen molar-refractivity contribution >= 4 is 33.2 Å². The Kier molecular flexibility index (Phi) is 8.60. The molecule has 0 radical (unpaired) electrons. The molecule has 0 saturated carbocycles. The summed E-state index contributed by atoms with van der Waals surface area (Å²) < 4.78 is 27.2. The molecule has 1 aromatic heterocycles. The molecule has 5 N–H and O–H groups in total. The molecule has 130 valence electrons. The first-order valence-electron chi connectivity index (χ1n) is 6.73. The Hall–Kier alpha value is -1.29. The van der Waals surface area contributed by atoms with Crippen molar-refractivity contribution in [2.45, 2.75) is 11.3 Å². The van der Waals surface area contributed by atoms with E-state index in [1.165, 1.54) is 0 Å². The fourth-order valence-corrected chi connectivity index (χ4v) is 4.21. The highest BCUT2D eigenvalue weighted by molar-refractivity contribution is 7.89. The van der Waals surface area contributed by atoms with Crippen LogP contribution in [-0.2, 0) is 10.0 Å². The summed E-state index contributed by atoms with van der Waals surface area (Å²) in [5.41, 5.74) is 0. The van der Waals surface area contributed by atoms with E-state index < -0.39 is 10.0 Å². The van der Waals surface area contributed by atoms with E-state index in [4.69, 9.17) is 0 Å². The van der Waals surface area contributed by atoms with Crippen LogP contribution in [0, 0.1) is 0 Å². The third-order valence-corrected chi connectivity index (χ3v) is 5.51. The average molecular weight is 364 g/mol. The second-order valence-electron chi connectivity index (χ2n) is 4.86. The second kappa shape index (κ2) is 9.11. The number of hydrogen-bond donors (Lipinski definition) is 1. The molecule has 1 aliphatic heterocycles. The zero-order valence-electron chi connectivity index (χ0n) is 12.5. The van der Waals surface area contributed by atoms with Gasteiger partial charge in [0.05, 0.1) is 4.90 Å². The minimum Gasteiger partial charge on any atom is -0.412 e. The third kappa shape index (κ3) is 4.37. The molecule has 1 fully saturated rings. The maximum atomic E-state index is 12.8. The first-order chi connectivity index (χ1) is 9.69. The Labute approximate surface area is 141 Å². The minimum atomic E-state index is -3.45. The van der Waals surface area contributed by atoms with Gasteiger partial charge in [0.25, 0.3) is 0 Å². The largest absolute Gasteiger partial charge is 0.412 e. The van der Waals surface area contributed by atoms with E-state index >= 15 is 0 Å². The SMILES string of the molecule is Cl.O.O.O=S(=O)(c1cccc2cnccc12)N1CCCNCC1. The lowest BCUT2D eigenvalue weighted by atomic mass is 10.2. The summed E-state index contributed by atoms with van der Waals surface area (Å²) in [5, 5.41) is 4.81. The van der Waals surface area contributed by atoms with Crippen molar-refractivity contribution in [1.82, 2.24) is 14.6 Å². The Morgan fingerprint density at radius 1 is 1.09 bits per heavy atom. The van der Waals surface area contributed by atoms with E-state index in [1.54, 1.807) is 34.9 Å². The molecule has 0 bridgehead atoms. The zero-order valence-corrected chi connectivity index (χ0v) is 14.2. The molecular weight excluding hydrogens is 342 g/mol. The lowest BCUT2D eigenvalue weighted by molar-refractivity contribution is 0.432. The van der Waals surface area contributed by atoms with Crippen LogP contribution < -0.4 is 5.32 Å². The number of aromatic nitrogens is 1. The number of nitrogens with zero attached hydrogens (tertiary/aromatic N) is 2. The van der Waals surface area contributed by atoms with Gasteiger partial charge in [-0.2, -0.15) is 4.31 Å². The summed E-state index contributed by atoms with van der Waals surface area (Å²) in [5.74, 6) is 0. The molecule has 0 spiro atoms. The summed E-state index contributed by atoms with van der Waals surface area (Å²) in [6, 6.07) is 7.09. The Morgan fingerprint density at radius 3 is 2.65 bits per heavy atom. The number of halogens is 1. The lowest BCUT2D eigenvalue weighted by Crippen LogP contribution is -2.34. The maximum Gasteiger partial charge on any atom is 0.243 e. The van der Waals surface area contributed by atoms with E-state index in [0.717, 1.165) is 23.7 Å². The predicted octanol–water partition coefficient (Wildman–Crippen LogP) is -0.00880. The molecule has 7 nitrogen and oxygen atoms in total. The highest BCUT2D eigenvalue weighted by Crippen LogP contribution is 2.25. The van der Waals surface area contributed by atoms with Gasteiger partial charge in [0.15, 0.2) is 0 Å². The normalized spacial score (nSPS) is 15.7. The highest BCUT2D eigenvalue weighted by Gasteiger charge is 2.26. The zero-order chi connectivity index (χ0) is 14.0. The molecule has 1 aromatic carbocycles. The Morgan fingerprint density at radius 2 is 1.87 bits per heavy atom. The van der Waals surface area contributed by atoms with E-state index in [1.807, 2.05) is 6.07 Å². The van der Waals surface area contributed by atoms with Crippen LogP contribution in [-0.4, -0.2) is 54.8 Å². The van der Waals surface area contributed by atoms with Crippen molar-refractivity contribution in [3.8, 4) is 0 Å². The summed E-state index contributed by atoms with van der Waals surface area (Å²) in [6.07, 6.45) is 4.16. The van der Waals surface area contributed by atoms with Crippen LogP contribution in [0.25, 0.3) is 10.8 Å². The molecule has 0 unspecified atom stereocenters. The van der Waals surface area contributed by atoms with Crippen LogP contribution in [0.3, 0.4) is 0 Å². The number of fused-ring (bicyclic) bond motifs is 1. The number of rotatable bonds is 2. The first-order valence-corrected chi connectivity index (χ1v) is 8.17. The minimum absolute atomic E-state index is 0. The predicted molar refractivity (Wildman–Crippen MR) is 92.5 cm³/mol. The summed E-state index contributed by atoms with van der Waals surface area (Å²) in [7, 11) is -3.45. The van der Waals surface area contributed by atoms with Gasteiger partial charge >= 0.3 is 0 Å². The van der Waals surface area contributed by atoms with Gasteiger partial charge in [-0.15, -0.1) is 12.4 Å². The van der Waals surface area contributed by atoms with Crippen LogP contribution in [0.1, 0.15) is 6.42 Å². The Balaban J connectivity index is 0.00000161. The second-order valence-corrected chi connectivity index (χ2v) is 6.77. The van der Waals surface area contributed by atoms with Gasteiger partial charge in [0, 0.05) is 42.8 Å². The van der Waals surface area contributed by atoms with Gasteiger partial charge in [-0.05, 0) is 25.1 Å². The molecule has 1 saturated heterocycles. The quantitative estimate of drug-likeness (QED) is 0.805. The smallest absolute Gasteiger partial charge is 0.243 e. The molecule has 0 atom stereocenters. The highest BCUT2D eigenvalue weighted by atomic mass is 35.5. The molecule has 1 aliphatic rings. The van der Waals surface area contributed by atoms with Crippen LogP contribution in [0.15, 0.2) is 41.6 Å². The van der Waals surface area contributed by atoms with Crippen LogP contribution in [0.2, 0.25) is 0 Å². The van der Waals surface area contributed by atoms with Gasteiger partial charge in [-0.1, -0.05) is 12.1 Å². The molecule has 3 rings (SSSR count).